The Bertz CT molecular complexity index is 567. The molecule has 3 rings (SSSR count). The Balaban J connectivity index is 1.86. The molecule has 1 unspecified atom stereocenters. The van der Waals surface area contributed by atoms with Gasteiger partial charge in [-0.25, -0.2) is 0 Å². The predicted octanol–water partition coefficient (Wildman–Crippen LogP) is 2.95. The van der Waals surface area contributed by atoms with E-state index in [9.17, 15) is 0 Å². The van der Waals surface area contributed by atoms with Crippen LogP contribution in [-0.4, -0.2) is 17.3 Å². The lowest BCUT2D eigenvalue weighted by molar-refractivity contribution is 0.410. The minimum atomic E-state index is 0.322. The standard InChI is InChI=1S/C13H15N3OS/c1-8-15-16-13(18-8)14-11-7-6-10-9(11)4-3-5-12(10)17-2/h3-5,11H,6-7H2,1-2H3,(H,14,16). The SMILES string of the molecule is COc1cccc2c1CCC2Nc1nnc(C)s1. The van der Waals surface area contributed by atoms with Gasteiger partial charge in [0, 0.05) is 0 Å². The van der Waals surface area contributed by atoms with Crippen LogP contribution in [0.25, 0.3) is 0 Å². The van der Waals surface area contributed by atoms with Crippen LogP contribution in [0.1, 0.15) is 28.6 Å². The van der Waals surface area contributed by atoms with Gasteiger partial charge in [-0.15, -0.1) is 10.2 Å². The zero-order valence-electron chi connectivity index (χ0n) is 10.4. The van der Waals surface area contributed by atoms with E-state index in [-0.39, 0.29) is 0 Å². The van der Waals surface area contributed by atoms with E-state index >= 15 is 0 Å². The van der Waals surface area contributed by atoms with Crippen LogP contribution < -0.4 is 10.1 Å². The van der Waals surface area contributed by atoms with E-state index in [1.165, 1.54) is 11.1 Å². The molecule has 1 aromatic carbocycles. The molecule has 0 spiro atoms. The van der Waals surface area contributed by atoms with E-state index in [2.05, 4.69) is 21.6 Å². The van der Waals surface area contributed by atoms with Gasteiger partial charge in [0.15, 0.2) is 0 Å². The summed E-state index contributed by atoms with van der Waals surface area (Å²) < 4.78 is 5.41. The summed E-state index contributed by atoms with van der Waals surface area (Å²) in [6.45, 7) is 1.97. The summed E-state index contributed by atoms with van der Waals surface area (Å²) in [4.78, 5) is 0. The van der Waals surface area contributed by atoms with E-state index in [1.807, 2.05) is 19.1 Å². The fourth-order valence-corrected chi connectivity index (χ4v) is 3.11. The molecule has 0 bridgehead atoms. The Kier molecular flexibility index (Phi) is 2.91. The summed E-state index contributed by atoms with van der Waals surface area (Å²) in [5, 5.41) is 13.5. The molecule has 94 valence electrons. The Morgan fingerprint density at radius 2 is 2.28 bits per heavy atom. The number of aromatic nitrogens is 2. The van der Waals surface area contributed by atoms with Gasteiger partial charge in [-0.3, -0.25) is 0 Å². The van der Waals surface area contributed by atoms with Crippen molar-refractivity contribution in [2.24, 2.45) is 0 Å². The number of methoxy groups -OCH3 is 1. The first-order chi connectivity index (χ1) is 8.78. The first kappa shape index (κ1) is 11.5. The third-order valence-corrected chi connectivity index (χ3v) is 4.04. The molecule has 1 atom stereocenters. The van der Waals surface area contributed by atoms with Gasteiger partial charge in [0.25, 0.3) is 0 Å². The normalized spacial score (nSPS) is 17.6. The minimum Gasteiger partial charge on any atom is -0.496 e. The number of benzene rings is 1. The zero-order chi connectivity index (χ0) is 12.5. The maximum Gasteiger partial charge on any atom is 0.206 e. The van der Waals surface area contributed by atoms with Crippen LogP contribution in [-0.2, 0) is 6.42 Å². The highest BCUT2D eigenvalue weighted by molar-refractivity contribution is 7.15. The summed E-state index contributed by atoms with van der Waals surface area (Å²) in [5.74, 6) is 0.991. The van der Waals surface area contributed by atoms with Gasteiger partial charge in [0.1, 0.15) is 10.8 Å². The molecule has 0 amide bonds. The second kappa shape index (κ2) is 4.57. The van der Waals surface area contributed by atoms with Crippen LogP contribution >= 0.6 is 11.3 Å². The molecule has 2 aromatic rings. The van der Waals surface area contributed by atoms with Crippen molar-refractivity contribution >= 4 is 16.5 Å². The minimum absolute atomic E-state index is 0.322. The summed E-state index contributed by atoms with van der Waals surface area (Å²) in [7, 11) is 1.73. The molecular weight excluding hydrogens is 246 g/mol. The highest BCUT2D eigenvalue weighted by atomic mass is 32.1. The van der Waals surface area contributed by atoms with Gasteiger partial charge in [-0.2, -0.15) is 0 Å². The summed E-state index contributed by atoms with van der Waals surface area (Å²) in [5.41, 5.74) is 2.64. The van der Waals surface area contributed by atoms with Crippen molar-refractivity contribution in [1.29, 1.82) is 0 Å². The number of hydrogen-bond acceptors (Lipinski definition) is 5. The van der Waals surface area contributed by atoms with Crippen LogP contribution in [0.5, 0.6) is 5.75 Å². The highest BCUT2D eigenvalue weighted by Crippen LogP contribution is 2.38. The number of anilines is 1. The van der Waals surface area contributed by atoms with Crippen molar-refractivity contribution < 1.29 is 4.74 Å². The molecule has 0 fully saturated rings. The Morgan fingerprint density at radius 1 is 1.39 bits per heavy atom. The van der Waals surface area contributed by atoms with Crippen molar-refractivity contribution in [3.63, 3.8) is 0 Å². The van der Waals surface area contributed by atoms with Crippen LogP contribution in [0.3, 0.4) is 0 Å². The highest BCUT2D eigenvalue weighted by Gasteiger charge is 2.25. The first-order valence-electron chi connectivity index (χ1n) is 6.00. The Labute approximate surface area is 110 Å². The molecule has 4 nitrogen and oxygen atoms in total. The lowest BCUT2D eigenvalue weighted by Gasteiger charge is -2.13. The number of nitrogens with one attached hydrogen (secondary N) is 1. The summed E-state index contributed by atoms with van der Waals surface area (Å²) in [6.07, 6.45) is 2.13. The van der Waals surface area contributed by atoms with Gasteiger partial charge in [0.05, 0.1) is 13.2 Å². The molecular formula is C13H15N3OS. The molecule has 0 radical (unpaired) electrons. The van der Waals surface area contributed by atoms with Crippen LogP contribution in [0, 0.1) is 6.92 Å². The van der Waals surface area contributed by atoms with Gasteiger partial charge >= 0.3 is 0 Å². The predicted molar refractivity (Wildman–Crippen MR) is 72.3 cm³/mol. The summed E-state index contributed by atoms with van der Waals surface area (Å²) >= 11 is 1.59. The Hall–Kier alpha value is -1.62. The third kappa shape index (κ3) is 1.95. The number of rotatable bonds is 3. The van der Waals surface area contributed by atoms with E-state index in [4.69, 9.17) is 4.74 Å². The van der Waals surface area contributed by atoms with E-state index in [0.717, 1.165) is 28.7 Å². The molecule has 1 aliphatic rings. The second-order valence-corrected chi connectivity index (χ2v) is 5.57. The first-order valence-corrected chi connectivity index (χ1v) is 6.82. The monoisotopic (exact) mass is 261 g/mol. The maximum absolute atomic E-state index is 5.41. The second-order valence-electron chi connectivity index (χ2n) is 4.39. The van der Waals surface area contributed by atoms with Crippen molar-refractivity contribution in [1.82, 2.24) is 10.2 Å². The molecule has 1 aliphatic carbocycles. The lowest BCUT2D eigenvalue weighted by Crippen LogP contribution is -2.06. The van der Waals surface area contributed by atoms with Gasteiger partial charge in [-0.1, -0.05) is 23.5 Å². The van der Waals surface area contributed by atoms with E-state index in [0.29, 0.717) is 6.04 Å². The number of nitrogens with zero attached hydrogens (tertiary/aromatic N) is 2. The van der Waals surface area contributed by atoms with E-state index < -0.39 is 0 Å². The maximum atomic E-state index is 5.41. The molecule has 18 heavy (non-hydrogen) atoms. The van der Waals surface area contributed by atoms with Crippen molar-refractivity contribution in [2.75, 3.05) is 12.4 Å². The van der Waals surface area contributed by atoms with Crippen LogP contribution in [0.4, 0.5) is 5.13 Å². The van der Waals surface area contributed by atoms with Gasteiger partial charge in [0.2, 0.25) is 5.13 Å². The number of ether oxygens (including phenoxy) is 1. The van der Waals surface area contributed by atoms with Gasteiger partial charge < -0.3 is 10.1 Å². The topological polar surface area (TPSA) is 47.0 Å². The third-order valence-electron chi connectivity index (χ3n) is 3.27. The van der Waals surface area contributed by atoms with E-state index in [1.54, 1.807) is 18.4 Å². The quantitative estimate of drug-likeness (QED) is 0.922. The molecule has 0 saturated heterocycles. The van der Waals surface area contributed by atoms with Crippen molar-refractivity contribution in [3.05, 3.63) is 34.3 Å². The fourth-order valence-electron chi connectivity index (χ4n) is 2.47. The van der Waals surface area contributed by atoms with Crippen molar-refractivity contribution in [2.45, 2.75) is 25.8 Å². The average Bonchev–Trinajstić information content (AvgIpc) is 2.97. The number of hydrogen-bond donors (Lipinski definition) is 1. The average molecular weight is 261 g/mol. The van der Waals surface area contributed by atoms with Crippen molar-refractivity contribution in [3.8, 4) is 5.75 Å². The lowest BCUT2D eigenvalue weighted by atomic mass is 10.1. The summed E-state index contributed by atoms with van der Waals surface area (Å²) in [6, 6.07) is 6.55. The van der Waals surface area contributed by atoms with Crippen LogP contribution in [0.15, 0.2) is 18.2 Å². The largest absolute Gasteiger partial charge is 0.496 e. The molecule has 0 saturated carbocycles. The van der Waals surface area contributed by atoms with Gasteiger partial charge in [-0.05, 0) is 37.0 Å². The number of aryl methyl sites for hydroxylation is 1. The molecule has 1 heterocycles. The molecule has 5 heteroatoms. The molecule has 1 aromatic heterocycles. The zero-order valence-corrected chi connectivity index (χ0v) is 11.3. The molecule has 1 N–H and O–H groups in total. The molecule has 0 aliphatic heterocycles. The van der Waals surface area contributed by atoms with Crippen LogP contribution in [0.2, 0.25) is 0 Å². The smallest absolute Gasteiger partial charge is 0.206 e. The number of fused-ring (bicyclic) bond motifs is 1. The Morgan fingerprint density at radius 3 is 3.00 bits per heavy atom. The fraction of sp³-hybridized carbons (Fsp3) is 0.385.